The molecule has 108 valence electrons. The van der Waals surface area contributed by atoms with E-state index in [1.165, 1.54) is 6.92 Å². The first-order chi connectivity index (χ1) is 9.23. The van der Waals surface area contributed by atoms with Crippen molar-refractivity contribution in [2.45, 2.75) is 19.4 Å². The topological polar surface area (TPSA) is 109 Å². The lowest BCUT2D eigenvalue weighted by atomic mass is 10.1. The first-order valence-corrected chi connectivity index (χ1v) is 5.50. The minimum atomic E-state index is -1.65. The van der Waals surface area contributed by atoms with E-state index in [-0.39, 0.29) is 5.56 Å². The molecule has 0 aliphatic rings. The molecule has 1 aromatic carbocycles. The summed E-state index contributed by atoms with van der Waals surface area (Å²) in [7, 11) is 0. The van der Waals surface area contributed by atoms with E-state index in [4.69, 9.17) is 10.8 Å². The zero-order valence-corrected chi connectivity index (χ0v) is 10.4. The Hall–Kier alpha value is -2.51. The summed E-state index contributed by atoms with van der Waals surface area (Å²) in [5.41, 5.74) is 3.95. The van der Waals surface area contributed by atoms with Crippen LogP contribution >= 0.6 is 0 Å². The fourth-order valence-electron chi connectivity index (χ4n) is 1.50. The maximum absolute atomic E-state index is 13.7. The van der Waals surface area contributed by atoms with Gasteiger partial charge in [-0.2, -0.15) is 0 Å². The fraction of sp³-hybridized carbons (Fsp3) is 0.250. The van der Waals surface area contributed by atoms with Gasteiger partial charge in [0.2, 0.25) is 5.91 Å². The summed E-state index contributed by atoms with van der Waals surface area (Å²) in [4.78, 5) is 33.2. The minimum Gasteiger partial charge on any atom is -0.480 e. The second-order valence-corrected chi connectivity index (χ2v) is 4.09. The van der Waals surface area contributed by atoms with Crippen LogP contribution in [0.1, 0.15) is 22.3 Å². The smallest absolute Gasteiger partial charge is 0.326 e. The minimum absolute atomic E-state index is 0.0262. The monoisotopic (exact) mass is 286 g/mol. The number of halogens is 2. The second-order valence-electron chi connectivity index (χ2n) is 4.09. The number of rotatable bonds is 5. The van der Waals surface area contributed by atoms with Crippen molar-refractivity contribution in [2.75, 3.05) is 0 Å². The van der Waals surface area contributed by atoms with Gasteiger partial charge in [-0.1, -0.05) is 6.07 Å². The molecule has 0 aliphatic heterocycles. The van der Waals surface area contributed by atoms with Crippen molar-refractivity contribution in [1.29, 1.82) is 0 Å². The van der Waals surface area contributed by atoms with Crippen molar-refractivity contribution in [2.24, 2.45) is 5.73 Å². The lowest BCUT2D eigenvalue weighted by molar-refractivity contribution is -0.140. The summed E-state index contributed by atoms with van der Waals surface area (Å²) in [5.74, 6) is -6.00. The molecule has 1 atom stereocenters. The molecule has 0 bridgehead atoms. The molecule has 8 heteroatoms. The van der Waals surface area contributed by atoms with E-state index in [1.807, 2.05) is 5.32 Å². The Morgan fingerprint density at radius 2 is 1.95 bits per heavy atom. The lowest BCUT2D eigenvalue weighted by Gasteiger charge is -2.14. The molecule has 2 amide bonds. The van der Waals surface area contributed by atoms with Gasteiger partial charge in [0.15, 0.2) is 0 Å². The molecule has 0 saturated carbocycles. The summed E-state index contributed by atoms with van der Waals surface area (Å²) in [6.45, 7) is 1.32. The fourth-order valence-corrected chi connectivity index (χ4v) is 1.50. The van der Waals surface area contributed by atoms with Gasteiger partial charge in [-0.15, -0.1) is 0 Å². The molecule has 1 rings (SSSR count). The molecule has 0 spiro atoms. The van der Waals surface area contributed by atoms with Crippen LogP contribution in [0.5, 0.6) is 0 Å². The average Bonchev–Trinajstić information content (AvgIpc) is 2.33. The summed E-state index contributed by atoms with van der Waals surface area (Å²) in [6, 6.07) is 0.371. The maximum atomic E-state index is 13.7. The highest BCUT2D eigenvalue weighted by molar-refractivity contribution is 5.98. The third-order valence-electron chi connectivity index (χ3n) is 2.52. The van der Waals surface area contributed by atoms with E-state index < -0.39 is 47.4 Å². The first kappa shape index (κ1) is 15.5. The van der Waals surface area contributed by atoms with Crippen LogP contribution in [0.4, 0.5) is 8.78 Å². The third kappa shape index (κ3) is 3.50. The molecule has 1 aromatic rings. The first-order valence-electron chi connectivity index (χ1n) is 5.50. The number of nitrogens with one attached hydrogen (secondary N) is 1. The molecule has 0 heterocycles. The number of carbonyl (C=O) groups is 3. The number of nitrogens with two attached hydrogens (primary N) is 1. The Labute approximate surface area is 112 Å². The molecule has 0 aliphatic carbocycles. The molecule has 20 heavy (non-hydrogen) atoms. The Morgan fingerprint density at radius 1 is 1.35 bits per heavy atom. The van der Waals surface area contributed by atoms with Crippen LogP contribution in [0.3, 0.4) is 0 Å². The molecule has 6 nitrogen and oxygen atoms in total. The Bertz CT molecular complexity index is 575. The normalized spacial score (nSPS) is 11.8. The van der Waals surface area contributed by atoms with E-state index in [1.54, 1.807) is 0 Å². The van der Waals surface area contributed by atoms with Crippen molar-refractivity contribution in [1.82, 2.24) is 5.32 Å². The largest absolute Gasteiger partial charge is 0.480 e. The number of carboxylic acid groups (broad SMARTS) is 1. The van der Waals surface area contributed by atoms with Crippen molar-refractivity contribution in [3.05, 3.63) is 34.9 Å². The van der Waals surface area contributed by atoms with Crippen molar-refractivity contribution < 1.29 is 28.3 Å². The van der Waals surface area contributed by atoms with E-state index in [0.717, 1.165) is 12.1 Å². The highest BCUT2D eigenvalue weighted by Gasteiger charge is 2.26. The van der Waals surface area contributed by atoms with Crippen LogP contribution in [0, 0.1) is 18.6 Å². The van der Waals surface area contributed by atoms with Crippen LogP contribution in [0.2, 0.25) is 0 Å². The predicted octanol–water partition coefficient (Wildman–Crippen LogP) is 0.332. The highest BCUT2D eigenvalue weighted by atomic mass is 19.1. The van der Waals surface area contributed by atoms with Gasteiger partial charge in [-0.25, -0.2) is 13.6 Å². The van der Waals surface area contributed by atoms with Gasteiger partial charge < -0.3 is 16.2 Å². The number of aliphatic carboxylic acids is 1. The summed E-state index contributed by atoms with van der Waals surface area (Å²) >= 11 is 0. The number of carbonyl (C=O) groups excluding carboxylic acids is 2. The van der Waals surface area contributed by atoms with Gasteiger partial charge in [0.25, 0.3) is 5.91 Å². The molecular weight excluding hydrogens is 274 g/mol. The quantitative estimate of drug-likeness (QED) is 0.724. The van der Waals surface area contributed by atoms with Crippen LogP contribution < -0.4 is 11.1 Å². The SMILES string of the molecule is Cc1ccc(F)c(C(=O)NC(CC(N)=O)C(=O)O)c1F. The molecule has 0 radical (unpaired) electrons. The van der Waals surface area contributed by atoms with Crippen LogP contribution in [0.25, 0.3) is 0 Å². The van der Waals surface area contributed by atoms with Gasteiger partial charge >= 0.3 is 5.97 Å². The molecule has 0 saturated heterocycles. The zero-order valence-electron chi connectivity index (χ0n) is 10.4. The highest BCUT2D eigenvalue weighted by Crippen LogP contribution is 2.16. The third-order valence-corrected chi connectivity index (χ3v) is 2.52. The van der Waals surface area contributed by atoms with Gasteiger partial charge in [0.05, 0.1) is 6.42 Å². The predicted molar refractivity (Wildman–Crippen MR) is 63.8 cm³/mol. The number of hydrogen-bond donors (Lipinski definition) is 3. The van der Waals surface area contributed by atoms with Crippen molar-refractivity contribution in [3.63, 3.8) is 0 Å². The van der Waals surface area contributed by atoms with Crippen molar-refractivity contribution in [3.8, 4) is 0 Å². The van der Waals surface area contributed by atoms with Gasteiger partial charge in [0.1, 0.15) is 23.2 Å². The molecular formula is C12H12F2N2O4. The molecule has 1 unspecified atom stereocenters. The summed E-state index contributed by atoms with van der Waals surface area (Å²) < 4.78 is 27.1. The van der Waals surface area contributed by atoms with Crippen LogP contribution in [-0.4, -0.2) is 28.9 Å². The number of aryl methyl sites for hydroxylation is 1. The molecule has 0 aromatic heterocycles. The second kappa shape index (κ2) is 6.09. The number of carboxylic acids is 1. The summed E-state index contributed by atoms with van der Waals surface area (Å²) in [5, 5.41) is 10.7. The van der Waals surface area contributed by atoms with E-state index in [2.05, 4.69) is 0 Å². The van der Waals surface area contributed by atoms with Gasteiger partial charge in [0, 0.05) is 0 Å². The van der Waals surface area contributed by atoms with E-state index in [0.29, 0.717) is 0 Å². The van der Waals surface area contributed by atoms with Gasteiger partial charge in [-0.3, -0.25) is 9.59 Å². The van der Waals surface area contributed by atoms with Gasteiger partial charge in [-0.05, 0) is 18.6 Å². The number of benzene rings is 1. The number of amides is 2. The Balaban J connectivity index is 3.04. The number of primary amides is 1. The van der Waals surface area contributed by atoms with Crippen LogP contribution in [-0.2, 0) is 9.59 Å². The molecule has 4 N–H and O–H groups in total. The zero-order chi connectivity index (χ0) is 15.4. The van der Waals surface area contributed by atoms with Crippen LogP contribution in [0.15, 0.2) is 12.1 Å². The lowest BCUT2D eigenvalue weighted by Crippen LogP contribution is -2.43. The Morgan fingerprint density at radius 3 is 2.45 bits per heavy atom. The maximum Gasteiger partial charge on any atom is 0.326 e. The number of hydrogen-bond acceptors (Lipinski definition) is 3. The molecule has 0 fully saturated rings. The average molecular weight is 286 g/mol. The van der Waals surface area contributed by atoms with Crippen molar-refractivity contribution >= 4 is 17.8 Å². The van der Waals surface area contributed by atoms with E-state index >= 15 is 0 Å². The standard InChI is InChI=1S/C12H12F2N2O4/c1-5-2-3-6(13)9(10(5)14)11(18)16-7(12(19)20)4-8(15)17/h2-3,7H,4H2,1H3,(H2,15,17)(H,16,18)(H,19,20). The van der Waals surface area contributed by atoms with E-state index in [9.17, 15) is 23.2 Å². The Kier molecular flexibility index (Phi) is 4.73. The summed E-state index contributed by atoms with van der Waals surface area (Å²) in [6.07, 6.45) is -0.684.